The van der Waals surface area contributed by atoms with Gasteiger partial charge >= 0.3 is 150 Å². The van der Waals surface area contributed by atoms with E-state index in [-0.39, 0.29) is 32.1 Å². The average Bonchev–Trinajstić information content (AvgIpc) is 2.56. The van der Waals surface area contributed by atoms with E-state index in [9.17, 15) is 9.59 Å². The van der Waals surface area contributed by atoms with Crippen molar-refractivity contribution in [2.75, 3.05) is 14.2 Å². The molecule has 132 valence electrons. The van der Waals surface area contributed by atoms with Crippen molar-refractivity contribution in [2.45, 2.75) is 32.1 Å². The minimum atomic E-state index is -0.593. The molecule has 24 heavy (non-hydrogen) atoms. The predicted molar refractivity (Wildman–Crippen MR) is 95.1 cm³/mol. The van der Waals surface area contributed by atoms with Crippen LogP contribution in [0.2, 0.25) is 5.32 Å². The van der Waals surface area contributed by atoms with Crippen LogP contribution in [0.5, 0.6) is 0 Å². The molecule has 0 aliphatic heterocycles. The second-order valence-electron chi connectivity index (χ2n) is 6.26. The zero-order valence-electron chi connectivity index (χ0n) is 14.8. The molecule has 1 N–H and O–H groups in total. The molecule has 0 aliphatic carbocycles. The fourth-order valence-corrected chi connectivity index (χ4v) is 4.55. The molecular formula is C18H25NO4Se. The molecule has 1 unspecified atom stereocenters. The molecule has 0 fully saturated rings. The Morgan fingerprint density at radius 2 is 1.79 bits per heavy atom. The first kappa shape index (κ1) is 20.3. The molecule has 5 nitrogen and oxygen atoms in total. The molecule has 0 aliphatic rings. The number of nitrogens with one attached hydrogen (secondary N) is 1. The molecule has 0 saturated heterocycles. The van der Waals surface area contributed by atoms with Gasteiger partial charge in [0.25, 0.3) is 0 Å². The van der Waals surface area contributed by atoms with E-state index >= 15 is 0 Å². The van der Waals surface area contributed by atoms with Crippen LogP contribution in [0.15, 0.2) is 42.1 Å². The van der Waals surface area contributed by atoms with E-state index in [1.54, 1.807) is 0 Å². The van der Waals surface area contributed by atoms with Gasteiger partial charge in [-0.3, -0.25) is 0 Å². The molecule has 1 aromatic carbocycles. The van der Waals surface area contributed by atoms with E-state index < -0.39 is 11.9 Å². The molecule has 1 atom stereocenters. The Bertz CT molecular complexity index is 578. The van der Waals surface area contributed by atoms with Crippen molar-refractivity contribution in [2.24, 2.45) is 5.41 Å². The summed E-state index contributed by atoms with van der Waals surface area (Å²) in [5.74, 6) is -1.18. The van der Waals surface area contributed by atoms with Gasteiger partial charge in [-0.15, -0.1) is 0 Å². The van der Waals surface area contributed by atoms with Gasteiger partial charge in [0.15, 0.2) is 0 Å². The first-order chi connectivity index (χ1) is 11.3. The fourth-order valence-electron chi connectivity index (χ4n) is 1.84. The van der Waals surface area contributed by atoms with E-state index in [4.69, 9.17) is 4.74 Å². The molecule has 0 saturated carbocycles. The number of rotatable bonds is 7. The Kier molecular flexibility index (Phi) is 8.02. The quantitative estimate of drug-likeness (QED) is 0.430. The fraction of sp³-hybridized carbons (Fsp3) is 0.444. The van der Waals surface area contributed by atoms with Gasteiger partial charge in [0, 0.05) is 0 Å². The zero-order valence-corrected chi connectivity index (χ0v) is 16.5. The number of ether oxygens (including phenoxy) is 2. The summed E-state index contributed by atoms with van der Waals surface area (Å²) in [5.41, 5.74) is 0.0212. The van der Waals surface area contributed by atoms with Crippen molar-refractivity contribution in [3.05, 3.63) is 42.1 Å². The third kappa shape index (κ3) is 6.77. The summed E-state index contributed by atoms with van der Waals surface area (Å²) in [5, 5.41) is 4.05. The summed E-state index contributed by atoms with van der Waals surface area (Å²) in [4.78, 5) is 23.5. The molecule has 0 aromatic heterocycles. The number of hydrogen-bond acceptors (Lipinski definition) is 5. The van der Waals surface area contributed by atoms with Crippen LogP contribution in [0.4, 0.5) is 0 Å². The van der Waals surface area contributed by atoms with E-state index in [2.05, 4.69) is 43.0 Å². The van der Waals surface area contributed by atoms with Crippen molar-refractivity contribution < 1.29 is 19.1 Å². The molecule has 1 aromatic rings. The van der Waals surface area contributed by atoms with Gasteiger partial charge in [-0.05, 0) is 0 Å². The third-order valence-electron chi connectivity index (χ3n) is 3.40. The average molecular weight is 398 g/mol. The number of carbonyl (C=O) groups excluding carboxylic acids is 2. The van der Waals surface area contributed by atoms with E-state index in [0.717, 1.165) is 11.4 Å². The van der Waals surface area contributed by atoms with Crippen molar-refractivity contribution in [3.63, 3.8) is 0 Å². The summed E-state index contributed by atoms with van der Waals surface area (Å²) in [6, 6.07) is 10.2. The normalized spacial score (nSPS) is 13.1. The Morgan fingerprint density at radius 1 is 1.17 bits per heavy atom. The Hall–Kier alpha value is -1.78. The van der Waals surface area contributed by atoms with Gasteiger partial charge in [0.1, 0.15) is 0 Å². The number of benzene rings is 1. The summed E-state index contributed by atoms with van der Waals surface area (Å²) in [6.45, 7) is 6.29. The van der Waals surface area contributed by atoms with Crippen LogP contribution in [-0.2, 0) is 19.1 Å². The standard InChI is InChI=1S/C18H25NO4Se/c1-18(2,3)15(12-24-13-9-7-6-8-10-13)19-14(17(21)23-5)11-16(20)22-4/h6-11,15,19H,12H2,1-5H3/b14-11-. The van der Waals surface area contributed by atoms with Gasteiger partial charge in [-0.25, -0.2) is 0 Å². The molecular weight excluding hydrogens is 373 g/mol. The number of hydrogen-bond donors (Lipinski definition) is 1. The van der Waals surface area contributed by atoms with Crippen LogP contribution >= 0.6 is 0 Å². The Morgan fingerprint density at radius 3 is 2.29 bits per heavy atom. The molecule has 0 spiro atoms. The summed E-state index contributed by atoms with van der Waals surface area (Å²) < 4.78 is 10.7. The monoisotopic (exact) mass is 399 g/mol. The van der Waals surface area contributed by atoms with Crippen LogP contribution < -0.4 is 9.78 Å². The van der Waals surface area contributed by atoms with Gasteiger partial charge < -0.3 is 0 Å². The predicted octanol–water partition coefficient (Wildman–Crippen LogP) is 1.67. The molecule has 0 heterocycles. The van der Waals surface area contributed by atoms with E-state index in [0.29, 0.717) is 0 Å². The van der Waals surface area contributed by atoms with Crippen molar-refractivity contribution in [1.29, 1.82) is 0 Å². The number of methoxy groups -OCH3 is 2. The maximum atomic E-state index is 11.9. The number of carbonyl (C=O) groups is 2. The third-order valence-corrected chi connectivity index (χ3v) is 5.72. The van der Waals surface area contributed by atoms with Gasteiger partial charge in [-0.1, -0.05) is 0 Å². The van der Waals surface area contributed by atoms with Crippen molar-refractivity contribution in [3.8, 4) is 0 Å². The van der Waals surface area contributed by atoms with Gasteiger partial charge in [0.05, 0.1) is 0 Å². The summed E-state index contributed by atoms with van der Waals surface area (Å²) in [7, 11) is 2.56. The molecule has 0 radical (unpaired) electrons. The molecule has 0 bridgehead atoms. The minimum absolute atomic E-state index is 0.00714. The summed E-state index contributed by atoms with van der Waals surface area (Å²) in [6.07, 6.45) is 1.14. The first-order valence-electron chi connectivity index (χ1n) is 7.60. The van der Waals surface area contributed by atoms with Gasteiger partial charge in [0.2, 0.25) is 0 Å². The first-order valence-corrected chi connectivity index (χ1v) is 9.67. The summed E-state index contributed by atoms with van der Waals surface area (Å²) >= 11 is 0.249. The molecule has 6 heteroatoms. The second kappa shape index (κ2) is 9.50. The zero-order chi connectivity index (χ0) is 18.2. The molecule has 0 amide bonds. The molecule has 1 rings (SSSR count). The van der Waals surface area contributed by atoms with Crippen LogP contribution in [0.3, 0.4) is 0 Å². The second-order valence-corrected chi connectivity index (χ2v) is 8.55. The maximum absolute atomic E-state index is 11.9. The Labute approximate surface area is 150 Å². The van der Waals surface area contributed by atoms with Crippen LogP contribution in [0, 0.1) is 5.41 Å². The SMILES string of the molecule is COC(=O)/C=C(\NC(C[Se]c1ccccc1)C(C)(C)C)C(=O)OC. The van der Waals surface area contributed by atoms with Crippen molar-refractivity contribution >= 4 is 31.4 Å². The topological polar surface area (TPSA) is 64.6 Å². The van der Waals surface area contributed by atoms with Gasteiger partial charge in [-0.2, -0.15) is 0 Å². The van der Waals surface area contributed by atoms with E-state index in [1.165, 1.54) is 18.7 Å². The van der Waals surface area contributed by atoms with Crippen LogP contribution in [0.1, 0.15) is 20.8 Å². The van der Waals surface area contributed by atoms with Crippen LogP contribution in [0.25, 0.3) is 0 Å². The van der Waals surface area contributed by atoms with E-state index in [1.807, 2.05) is 18.2 Å². The van der Waals surface area contributed by atoms with Crippen molar-refractivity contribution in [1.82, 2.24) is 5.32 Å². The van der Waals surface area contributed by atoms with Crippen LogP contribution in [-0.4, -0.2) is 47.2 Å². The Balaban J connectivity index is 2.92. The number of esters is 2.